The van der Waals surface area contributed by atoms with E-state index >= 15 is 0 Å². The Morgan fingerprint density at radius 3 is 1.34 bits per heavy atom. The highest BCUT2D eigenvalue weighted by atomic mass is 32.1. The molecule has 0 unspecified atom stereocenters. The molecule has 3 heterocycles. The summed E-state index contributed by atoms with van der Waals surface area (Å²) < 4.78 is 1.91. The van der Waals surface area contributed by atoms with Gasteiger partial charge in [0, 0.05) is 53.7 Å². The molecule has 1 fully saturated rings. The molecule has 6 nitrogen and oxygen atoms in total. The Labute approximate surface area is 444 Å². The van der Waals surface area contributed by atoms with E-state index in [4.69, 9.17) is 0 Å². The molecule has 408 valence electrons. The molecular formula is C63H119N5OS. The maximum absolute atomic E-state index is 11.7. The third-order valence-electron chi connectivity index (χ3n) is 10.2. The van der Waals surface area contributed by atoms with Crippen LogP contribution in [-0.2, 0) is 13.5 Å². The highest BCUT2D eigenvalue weighted by Gasteiger charge is 2.31. The molecule has 0 spiro atoms. The lowest BCUT2D eigenvalue weighted by Crippen LogP contribution is -2.05. The van der Waals surface area contributed by atoms with Crippen LogP contribution in [0.25, 0.3) is 0 Å². The van der Waals surface area contributed by atoms with E-state index in [1.165, 1.54) is 55.1 Å². The van der Waals surface area contributed by atoms with Crippen molar-refractivity contribution in [1.82, 2.24) is 19.7 Å². The number of aryl methyl sites for hydroxylation is 10. The summed E-state index contributed by atoms with van der Waals surface area (Å²) >= 11 is 1.80. The van der Waals surface area contributed by atoms with Crippen molar-refractivity contribution >= 4 is 22.8 Å². The van der Waals surface area contributed by atoms with E-state index in [9.17, 15) is 4.79 Å². The molecule has 1 saturated carbocycles. The number of para-hydroxylation sites is 1. The number of aromatic nitrogens is 3. The van der Waals surface area contributed by atoms with Crippen LogP contribution in [0.1, 0.15) is 178 Å². The average Bonchev–Trinajstić information content (AvgIpc) is 3.96. The van der Waals surface area contributed by atoms with Crippen molar-refractivity contribution in [3.8, 4) is 0 Å². The van der Waals surface area contributed by atoms with E-state index in [0.717, 1.165) is 41.9 Å². The number of carbonyl (C=O) groups is 1. The molecule has 3 aromatic heterocycles. The lowest BCUT2D eigenvalue weighted by molar-refractivity contribution is 0.0968. The number of hydrogen-bond donors (Lipinski definition) is 1. The first-order chi connectivity index (χ1) is 27.9. The predicted molar refractivity (Wildman–Crippen MR) is 333 cm³/mol. The minimum absolute atomic E-state index is 0. The van der Waals surface area contributed by atoms with Gasteiger partial charge < -0.3 is 10.2 Å². The summed E-state index contributed by atoms with van der Waals surface area (Å²) in [5.41, 5.74) is 16.3. The van der Waals surface area contributed by atoms with Gasteiger partial charge in [-0.15, -0.1) is 11.3 Å². The summed E-state index contributed by atoms with van der Waals surface area (Å²) in [6.07, 6.45) is 5.09. The van der Waals surface area contributed by atoms with Crippen molar-refractivity contribution in [1.29, 1.82) is 0 Å². The molecule has 1 N–H and O–H groups in total. The highest BCUT2D eigenvalue weighted by molar-refractivity contribution is 7.10. The summed E-state index contributed by atoms with van der Waals surface area (Å²) in [5, 5.41) is 9.38. The minimum atomic E-state index is 0. The quantitative estimate of drug-likeness (QED) is 0.178. The number of ketones is 1. The van der Waals surface area contributed by atoms with Gasteiger partial charge in [-0.2, -0.15) is 5.10 Å². The summed E-state index contributed by atoms with van der Waals surface area (Å²) in [6, 6.07) is 28.7. The zero-order chi connectivity index (χ0) is 44.7. The smallest absolute Gasteiger partial charge is 0.168 e. The molecule has 7 heteroatoms. The molecule has 6 aromatic rings. The van der Waals surface area contributed by atoms with Crippen LogP contribution in [0.4, 0.5) is 5.69 Å². The second-order valence-corrected chi connectivity index (χ2v) is 16.7. The molecular weight excluding hydrogens is 875 g/mol. The molecule has 1 aliphatic carbocycles. The van der Waals surface area contributed by atoms with Gasteiger partial charge in [0.15, 0.2) is 5.78 Å². The number of anilines is 1. The topological polar surface area (TPSA) is 63.1 Å². The lowest BCUT2D eigenvalue weighted by atomic mass is 10.1. The number of carbonyl (C=O) groups excluding carboxylic acids is 1. The van der Waals surface area contributed by atoms with Gasteiger partial charge in [-0.25, -0.2) is 0 Å². The van der Waals surface area contributed by atoms with E-state index < -0.39 is 0 Å². The maximum atomic E-state index is 11.7. The third kappa shape index (κ3) is 35.3. The Morgan fingerprint density at radius 2 is 1.06 bits per heavy atom. The van der Waals surface area contributed by atoms with Crippen LogP contribution in [0.3, 0.4) is 0 Å². The molecule has 70 heavy (non-hydrogen) atoms. The zero-order valence-corrected chi connectivity index (χ0v) is 40.4. The van der Waals surface area contributed by atoms with Gasteiger partial charge in [0.2, 0.25) is 0 Å². The van der Waals surface area contributed by atoms with Crippen molar-refractivity contribution < 1.29 is 4.79 Å². The van der Waals surface area contributed by atoms with E-state index in [0.29, 0.717) is 11.7 Å². The molecule has 0 aliphatic heterocycles. The lowest BCUT2D eigenvalue weighted by Gasteiger charge is -2.06. The number of nitrogens with one attached hydrogen (secondary N) is 1. The summed E-state index contributed by atoms with van der Waals surface area (Å²) in [4.78, 5) is 19.3. The molecule has 0 atom stereocenters. The summed E-state index contributed by atoms with van der Waals surface area (Å²) in [5.74, 6) is 0.597. The summed E-state index contributed by atoms with van der Waals surface area (Å²) in [6.45, 7) is 25.3. The van der Waals surface area contributed by atoms with Gasteiger partial charge in [-0.1, -0.05) is 149 Å². The molecule has 0 saturated heterocycles. The number of pyridine rings is 1. The van der Waals surface area contributed by atoms with E-state index in [-0.39, 0.29) is 81.7 Å². The zero-order valence-electron chi connectivity index (χ0n) is 39.5. The number of nitrogens with zero attached hydrogens (tertiary/aromatic N) is 4. The van der Waals surface area contributed by atoms with Crippen LogP contribution in [0.2, 0.25) is 0 Å². The molecule has 0 radical (unpaired) electrons. The third-order valence-corrected chi connectivity index (χ3v) is 11.1. The minimum Gasteiger partial charge on any atom is -0.388 e. The first-order valence-electron chi connectivity index (χ1n) is 20.7. The van der Waals surface area contributed by atoms with Gasteiger partial charge in [0.1, 0.15) is 0 Å². The van der Waals surface area contributed by atoms with E-state index in [1.807, 2.05) is 95.2 Å². The summed E-state index contributed by atoms with van der Waals surface area (Å²) in [7, 11) is 9.81. The monoisotopic (exact) mass is 994 g/mol. The fourth-order valence-electron chi connectivity index (χ4n) is 5.28. The highest BCUT2D eigenvalue weighted by Crippen LogP contribution is 2.34. The average molecular weight is 995 g/mol. The van der Waals surface area contributed by atoms with Crippen LogP contribution in [0.15, 0.2) is 96.5 Å². The fourth-order valence-corrected chi connectivity index (χ4v) is 6.01. The SMILES string of the molecule is C.C.C.C.C.C.C.C.C.C.C.CCc1ccccc1C.CN(C)C.CNc1ccccc1C(=O)C1CC1.Cc1cccc(C)c1C.Cc1cccnc1C.Cc1ccsc1C.Cc1nn(C)c(C)c1C. The second kappa shape index (κ2) is 49.1. The Hall–Kier alpha value is -4.85. The first-order valence-corrected chi connectivity index (χ1v) is 21.6. The largest absolute Gasteiger partial charge is 0.388 e. The number of rotatable bonds is 4. The number of benzene rings is 3. The first kappa shape index (κ1) is 91.4. The Balaban J connectivity index is -0.0000000638. The van der Waals surface area contributed by atoms with Gasteiger partial charge in [-0.3, -0.25) is 14.5 Å². The van der Waals surface area contributed by atoms with Gasteiger partial charge >= 0.3 is 0 Å². The standard InChI is InChI=1S/C11H13NO.2C9H12.C7H12N2.C7H9N.C6H8S.C3H9N.11CH4/c1-12-10-5-3-2-4-9(10)11(13)8-6-7-8;1-7-5-4-6-8(2)9(7)3;1-3-9-7-5-4-6-8(9)2;1-5-6(2)8-9(4)7(5)3;1-6-4-3-5-8-7(6)2;1-5-3-4-7-6(5)2;1-4(2)3;;;;;;;;;;;/h2-5,8,12H,6-7H2,1H3;4-6H,1-3H3;4-7H,3H2,1-2H3;1-4H3;3-5H,1-2H3;3-4H,1-2H3;1-3H3;11*1H4. The molecule has 0 bridgehead atoms. The fraction of sp³-hybridized carbons (Fsp3) is 0.508. The predicted octanol–water partition coefficient (Wildman–Crippen LogP) is 20.1. The van der Waals surface area contributed by atoms with E-state index in [1.54, 1.807) is 11.3 Å². The van der Waals surface area contributed by atoms with Crippen molar-refractivity contribution in [2.45, 2.75) is 184 Å². The van der Waals surface area contributed by atoms with Gasteiger partial charge in [0.05, 0.1) is 5.69 Å². The molecule has 7 rings (SSSR count). The van der Waals surface area contributed by atoms with Crippen molar-refractivity contribution in [3.05, 3.63) is 169 Å². The van der Waals surface area contributed by atoms with Crippen LogP contribution < -0.4 is 5.32 Å². The van der Waals surface area contributed by atoms with Crippen molar-refractivity contribution in [2.75, 3.05) is 33.5 Å². The van der Waals surface area contributed by atoms with Crippen LogP contribution >= 0.6 is 11.3 Å². The second-order valence-electron chi connectivity index (χ2n) is 15.6. The van der Waals surface area contributed by atoms with Crippen LogP contribution in [-0.4, -0.2) is 53.6 Å². The number of Topliss-reactive ketones (excluding diaryl/α,β-unsaturated/α-hetero) is 1. The maximum Gasteiger partial charge on any atom is 0.168 e. The Morgan fingerprint density at radius 1 is 0.600 bits per heavy atom. The van der Waals surface area contributed by atoms with Gasteiger partial charge in [-0.05, 0) is 191 Å². The van der Waals surface area contributed by atoms with Crippen LogP contribution in [0, 0.1) is 82.1 Å². The van der Waals surface area contributed by atoms with Crippen LogP contribution in [0.5, 0.6) is 0 Å². The molecule has 3 aromatic carbocycles. The Kier molecular flexibility index (Phi) is 64.2. The van der Waals surface area contributed by atoms with E-state index in [2.05, 4.69) is 145 Å². The normalized spacial score (nSPS) is 9.17. The van der Waals surface area contributed by atoms with Crippen molar-refractivity contribution in [2.24, 2.45) is 13.0 Å². The molecule has 0 amide bonds. The molecule has 1 aliphatic rings. The Bertz CT molecular complexity index is 2020. The number of hydrogen-bond acceptors (Lipinski definition) is 6. The van der Waals surface area contributed by atoms with Gasteiger partial charge in [0.25, 0.3) is 0 Å². The number of thiophene rings is 1. The van der Waals surface area contributed by atoms with Crippen molar-refractivity contribution in [3.63, 3.8) is 0 Å².